The number of pyridine rings is 1. The van der Waals surface area contributed by atoms with Crippen LogP contribution in [-0.4, -0.2) is 51.0 Å². The van der Waals surface area contributed by atoms with Gasteiger partial charge in [-0.2, -0.15) is 0 Å². The van der Waals surface area contributed by atoms with Gasteiger partial charge in [-0.05, 0) is 29.1 Å². The minimum absolute atomic E-state index is 0.791. The lowest BCUT2D eigenvalue weighted by Crippen LogP contribution is -2.46. The molecule has 0 saturated carbocycles. The SMILES string of the molecule is c1csc(-c2cnc(N3CCN(Cc4ccncc4)CC3)nc2-c2nccs2)c1. The molecule has 0 aliphatic carbocycles. The highest BCUT2D eigenvalue weighted by Crippen LogP contribution is 2.34. The van der Waals surface area contributed by atoms with Crippen molar-refractivity contribution in [3.05, 3.63) is 65.4 Å². The summed E-state index contributed by atoms with van der Waals surface area (Å²) in [5.74, 6) is 0.791. The van der Waals surface area contributed by atoms with Gasteiger partial charge >= 0.3 is 0 Å². The van der Waals surface area contributed by atoms with E-state index in [1.165, 1.54) is 10.4 Å². The first-order valence-electron chi connectivity index (χ1n) is 9.54. The molecule has 0 bridgehead atoms. The van der Waals surface area contributed by atoms with Gasteiger partial charge in [0.2, 0.25) is 5.95 Å². The molecule has 0 atom stereocenters. The number of thiazole rings is 1. The highest BCUT2D eigenvalue weighted by molar-refractivity contribution is 7.14. The zero-order valence-corrected chi connectivity index (χ0v) is 17.4. The largest absolute Gasteiger partial charge is 0.338 e. The van der Waals surface area contributed by atoms with E-state index in [-0.39, 0.29) is 0 Å². The standard InChI is InChI=1S/C21H20N6S2/c1-2-18(28-12-1)17-14-24-21(25-19(17)20-23-7-13-29-20)27-10-8-26(9-11-27)15-16-3-5-22-6-4-16/h1-7,12-14H,8-11,15H2. The van der Waals surface area contributed by atoms with Crippen LogP contribution in [0.3, 0.4) is 0 Å². The number of thiophene rings is 1. The molecule has 4 aromatic rings. The lowest BCUT2D eigenvalue weighted by molar-refractivity contribution is 0.248. The molecule has 0 aromatic carbocycles. The lowest BCUT2D eigenvalue weighted by Gasteiger charge is -2.34. The highest BCUT2D eigenvalue weighted by Gasteiger charge is 2.21. The third-order valence-electron chi connectivity index (χ3n) is 5.01. The molecule has 29 heavy (non-hydrogen) atoms. The predicted octanol–water partition coefficient (Wildman–Crippen LogP) is 4.05. The second-order valence-electron chi connectivity index (χ2n) is 6.87. The van der Waals surface area contributed by atoms with E-state index in [0.717, 1.165) is 54.9 Å². The quantitative estimate of drug-likeness (QED) is 0.486. The molecule has 5 heterocycles. The summed E-state index contributed by atoms with van der Waals surface area (Å²) in [5.41, 5.74) is 3.28. The smallest absolute Gasteiger partial charge is 0.226 e. The van der Waals surface area contributed by atoms with Gasteiger partial charge in [-0.15, -0.1) is 22.7 Å². The first-order chi connectivity index (χ1) is 14.4. The minimum atomic E-state index is 0.791. The van der Waals surface area contributed by atoms with E-state index in [4.69, 9.17) is 9.97 Å². The summed E-state index contributed by atoms with van der Waals surface area (Å²) in [6.45, 7) is 4.77. The molecule has 1 aliphatic heterocycles. The summed E-state index contributed by atoms with van der Waals surface area (Å²) in [5, 5.41) is 5.01. The van der Waals surface area contributed by atoms with Crippen LogP contribution in [0.1, 0.15) is 5.56 Å². The highest BCUT2D eigenvalue weighted by atomic mass is 32.1. The van der Waals surface area contributed by atoms with Crippen LogP contribution in [0.15, 0.2) is 59.8 Å². The van der Waals surface area contributed by atoms with Gasteiger partial charge in [0.15, 0.2) is 0 Å². The van der Waals surface area contributed by atoms with Gasteiger partial charge in [0.05, 0.1) is 0 Å². The molecular weight excluding hydrogens is 400 g/mol. The monoisotopic (exact) mass is 420 g/mol. The van der Waals surface area contributed by atoms with E-state index >= 15 is 0 Å². The topological polar surface area (TPSA) is 58.0 Å². The zero-order chi connectivity index (χ0) is 19.5. The van der Waals surface area contributed by atoms with Crippen molar-refractivity contribution in [3.8, 4) is 21.1 Å². The van der Waals surface area contributed by atoms with E-state index < -0.39 is 0 Å². The van der Waals surface area contributed by atoms with Gasteiger partial charge in [-0.25, -0.2) is 15.0 Å². The van der Waals surface area contributed by atoms with Crippen molar-refractivity contribution in [1.82, 2.24) is 24.8 Å². The number of hydrogen-bond donors (Lipinski definition) is 0. The van der Waals surface area contributed by atoms with Crippen molar-refractivity contribution in [2.45, 2.75) is 6.54 Å². The van der Waals surface area contributed by atoms with Crippen LogP contribution in [0.5, 0.6) is 0 Å². The van der Waals surface area contributed by atoms with Crippen molar-refractivity contribution in [1.29, 1.82) is 0 Å². The molecule has 1 saturated heterocycles. The van der Waals surface area contributed by atoms with Crippen LogP contribution in [0.4, 0.5) is 5.95 Å². The van der Waals surface area contributed by atoms with Crippen LogP contribution in [0.2, 0.25) is 0 Å². The normalized spacial score (nSPS) is 15.0. The molecule has 5 rings (SSSR count). The van der Waals surface area contributed by atoms with Crippen molar-refractivity contribution < 1.29 is 0 Å². The van der Waals surface area contributed by atoms with Crippen LogP contribution in [0.25, 0.3) is 21.1 Å². The molecule has 0 amide bonds. The van der Waals surface area contributed by atoms with Crippen LogP contribution in [-0.2, 0) is 6.54 Å². The summed E-state index contributed by atoms with van der Waals surface area (Å²) < 4.78 is 0. The number of anilines is 1. The second-order valence-corrected chi connectivity index (χ2v) is 8.71. The van der Waals surface area contributed by atoms with E-state index in [9.17, 15) is 0 Å². The van der Waals surface area contributed by atoms with Crippen molar-refractivity contribution in [2.24, 2.45) is 0 Å². The summed E-state index contributed by atoms with van der Waals surface area (Å²) in [7, 11) is 0. The average molecular weight is 421 g/mol. The van der Waals surface area contributed by atoms with Gasteiger partial charge in [0, 0.05) is 73.3 Å². The Kier molecular flexibility index (Phi) is 5.29. The Morgan fingerprint density at radius 2 is 1.76 bits per heavy atom. The van der Waals surface area contributed by atoms with Gasteiger partial charge in [-0.1, -0.05) is 6.07 Å². The van der Waals surface area contributed by atoms with E-state index in [1.807, 2.05) is 30.2 Å². The summed E-state index contributed by atoms with van der Waals surface area (Å²) in [6.07, 6.45) is 7.50. The number of rotatable bonds is 5. The molecule has 6 nitrogen and oxygen atoms in total. The zero-order valence-electron chi connectivity index (χ0n) is 15.8. The second kappa shape index (κ2) is 8.36. The summed E-state index contributed by atoms with van der Waals surface area (Å²) in [4.78, 5) is 24.2. The molecule has 146 valence electrons. The maximum Gasteiger partial charge on any atom is 0.226 e. The molecule has 0 N–H and O–H groups in total. The van der Waals surface area contributed by atoms with Crippen LogP contribution >= 0.6 is 22.7 Å². The average Bonchev–Trinajstić information content (AvgIpc) is 3.49. The first kappa shape index (κ1) is 18.4. The molecule has 0 radical (unpaired) electrons. The molecule has 0 unspecified atom stereocenters. The maximum absolute atomic E-state index is 4.95. The number of nitrogens with zero attached hydrogens (tertiary/aromatic N) is 6. The minimum Gasteiger partial charge on any atom is -0.338 e. The molecule has 1 aliphatic rings. The Morgan fingerprint density at radius 3 is 2.48 bits per heavy atom. The van der Waals surface area contributed by atoms with Crippen molar-refractivity contribution in [2.75, 3.05) is 31.1 Å². The van der Waals surface area contributed by atoms with E-state index in [2.05, 4.69) is 49.4 Å². The third kappa shape index (κ3) is 4.05. The maximum atomic E-state index is 4.95. The Hall–Kier alpha value is -2.68. The molecule has 4 aromatic heterocycles. The summed E-state index contributed by atoms with van der Waals surface area (Å²) >= 11 is 3.32. The van der Waals surface area contributed by atoms with Crippen molar-refractivity contribution >= 4 is 28.6 Å². The predicted molar refractivity (Wildman–Crippen MR) is 118 cm³/mol. The number of piperazine rings is 1. The van der Waals surface area contributed by atoms with Gasteiger partial charge in [0.25, 0.3) is 0 Å². The molecule has 8 heteroatoms. The first-order valence-corrected chi connectivity index (χ1v) is 11.3. The van der Waals surface area contributed by atoms with Gasteiger partial charge in [0.1, 0.15) is 10.7 Å². The van der Waals surface area contributed by atoms with E-state index in [1.54, 1.807) is 22.7 Å². The van der Waals surface area contributed by atoms with Crippen LogP contribution < -0.4 is 4.90 Å². The number of hydrogen-bond acceptors (Lipinski definition) is 8. The lowest BCUT2D eigenvalue weighted by atomic mass is 10.2. The third-order valence-corrected chi connectivity index (χ3v) is 6.69. The fourth-order valence-corrected chi connectivity index (χ4v) is 4.87. The fourth-order valence-electron chi connectivity index (χ4n) is 3.49. The van der Waals surface area contributed by atoms with Gasteiger partial charge < -0.3 is 4.90 Å². The summed E-state index contributed by atoms with van der Waals surface area (Å²) in [6, 6.07) is 8.33. The van der Waals surface area contributed by atoms with Crippen LogP contribution in [0, 0.1) is 0 Å². The Morgan fingerprint density at radius 1 is 0.897 bits per heavy atom. The van der Waals surface area contributed by atoms with E-state index in [0.29, 0.717) is 0 Å². The number of aromatic nitrogens is 4. The fraction of sp³-hybridized carbons (Fsp3) is 0.238. The van der Waals surface area contributed by atoms with Crippen molar-refractivity contribution in [3.63, 3.8) is 0 Å². The Balaban J connectivity index is 1.35. The molecular formula is C21H20N6S2. The molecule has 1 fully saturated rings. The van der Waals surface area contributed by atoms with Gasteiger partial charge in [-0.3, -0.25) is 9.88 Å². The molecule has 0 spiro atoms. The Bertz CT molecular complexity index is 1040. The Labute approximate surface area is 177 Å².